The van der Waals surface area contributed by atoms with E-state index in [-0.39, 0.29) is 5.54 Å². The molecule has 1 saturated heterocycles. The quantitative estimate of drug-likeness (QED) is 0.728. The number of fused-ring (bicyclic) bond motifs is 1. The average Bonchev–Trinajstić information content (AvgIpc) is 3.09. The molecule has 0 saturated carbocycles. The van der Waals surface area contributed by atoms with Crippen molar-refractivity contribution in [2.45, 2.75) is 31.9 Å². The number of rotatable bonds is 2. The molecule has 4 heterocycles. The zero-order valence-corrected chi connectivity index (χ0v) is 14.2. The molecule has 0 unspecified atom stereocenters. The lowest BCUT2D eigenvalue weighted by atomic mass is 9.90. The van der Waals surface area contributed by atoms with Gasteiger partial charge >= 0.3 is 0 Å². The predicted octanol–water partition coefficient (Wildman–Crippen LogP) is 0.418. The van der Waals surface area contributed by atoms with Gasteiger partial charge in [0.05, 0.1) is 42.1 Å². The van der Waals surface area contributed by atoms with Crippen LogP contribution in [0.3, 0.4) is 0 Å². The maximum atomic E-state index is 10.8. The molecule has 9 nitrogen and oxygen atoms in total. The van der Waals surface area contributed by atoms with Crippen LogP contribution in [0.4, 0.5) is 5.82 Å². The van der Waals surface area contributed by atoms with Gasteiger partial charge in [-0.05, 0) is 20.8 Å². The molecule has 0 bridgehead atoms. The fourth-order valence-electron chi connectivity index (χ4n) is 3.18. The Morgan fingerprint density at radius 2 is 1.92 bits per heavy atom. The van der Waals surface area contributed by atoms with Crippen LogP contribution in [0.5, 0.6) is 0 Å². The molecule has 0 aromatic carbocycles. The minimum absolute atomic E-state index is 0.163. The van der Waals surface area contributed by atoms with Gasteiger partial charge in [0.2, 0.25) is 0 Å². The number of hydrogen-bond acceptors (Lipinski definition) is 7. The van der Waals surface area contributed by atoms with Gasteiger partial charge in [0.25, 0.3) is 0 Å². The third kappa shape index (κ3) is 2.08. The number of β-amino-alcohol motifs (C(OH)–C–C–N with tert-alkyl or cyclic N) is 1. The van der Waals surface area contributed by atoms with Crippen LogP contribution < -0.4 is 4.90 Å². The fourth-order valence-corrected chi connectivity index (χ4v) is 3.18. The van der Waals surface area contributed by atoms with Gasteiger partial charge in [-0.3, -0.25) is 0 Å². The SMILES string of the molecule is Cn1nncc1C1(O)CN(c2ncnc3c2cnn3C(C)(C)C)C1. The second-order valence-corrected chi connectivity index (χ2v) is 7.29. The van der Waals surface area contributed by atoms with Gasteiger partial charge in [0, 0.05) is 7.05 Å². The first-order valence-electron chi connectivity index (χ1n) is 7.81. The fraction of sp³-hybridized carbons (Fsp3) is 0.533. The topological polar surface area (TPSA) is 97.8 Å². The lowest BCUT2D eigenvalue weighted by molar-refractivity contribution is -0.000330. The van der Waals surface area contributed by atoms with Crippen LogP contribution in [0.1, 0.15) is 26.5 Å². The average molecular weight is 328 g/mol. The highest BCUT2D eigenvalue weighted by Gasteiger charge is 2.46. The zero-order valence-electron chi connectivity index (χ0n) is 14.2. The van der Waals surface area contributed by atoms with E-state index in [1.54, 1.807) is 30.5 Å². The lowest BCUT2D eigenvalue weighted by Crippen LogP contribution is -2.60. The molecule has 1 N–H and O–H groups in total. The molecule has 24 heavy (non-hydrogen) atoms. The van der Waals surface area contributed by atoms with Crippen LogP contribution in [-0.2, 0) is 18.2 Å². The molecule has 126 valence electrons. The molecular weight excluding hydrogens is 308 g/mol. The highest BCUT2D eigenvalue weighted by Crippen LogP contribution is 2.36. The molecule has 0 spiro atoms. The summed E-state index contributed by atoms with van der Waals surface area (Å²) in [6, 6.07) is 0. The summed E-state index contributed by atoms with van der Waals surface area (Å²) in [4.78, 5) is 10.8. The van der Waals surface area contributed by atoms with Crippen molar-refractivity contribution in [1.82, 2.24) is 34.7 Å². The third-order valence-corrected chi connectivity index (χ3v) is 4.38. The summed E-state index contributed by atoms with van der Waals surface area (Å²) in [6.45, 7) is 7.11. The minimum Gasteiger partial charge on any atom is -0.380 e. The molecule has 3 aromatic rings. The molecule has 0 amide bonds. The Labute approximate surface area is 138 Å². The molecule has 0 aliphatic carbocycles. The zero-order chi connectivity index (χ0) is 17.1. The number of aryl methyl sites for hydroxylation is 1. The van der Waals surface area contributed by atoms with Gasteiger partial charge in [-0.1, -0.05) is 5.21 Å². The number of nitrogens with zero attached hydrogens (tertiary/aromatic N) is 8. The van der Waals surface area contributed by atoms with Crippen molar-refractivity contribution in [3.05, 3.63) is 24.4 Å². The van der Waals surface area contributed by atoms with Crippen molar-refractivity contribution in [3.8, 4) is 0 Å². The summed E-state index contributed by atoms with van der Waals surface area (Å²) in [5.74, 6) is 0.787. The lowest BCUT2D eigenvalue weighted by Gasteiger charge is -2.46. The molecule has 1 aliphatic heterocycles. The first-order valence-corrected chi connectivity index (χ1v) is 7.81. The molecule has 4 rings (SSSR count). The van der Waals surface area contributed by atoms with Crippen LogP contribution in [0.2, 0.25) is 0 Å². The second kappa shape index (κ2) is 4.73. The van der Waals surface area contributed by atoms with E-state index in [2.05, 4.69) is 46.1 Å². The number of hydrogen-bond donors (Lipinski definition) is 1. The van der Waals surface area contributed by atoms with Crippen molar-refractivity contribution >= 4 is 16.9 Å². The number of anilines is 1. The van der Waals surface area contributed by atoms with Crippen molar-refractivity contribution < 1.29 is 5.11 Å². The van der Waals surface area contributed by atoms with E-state index in [1.807, 2.05) is 9.58 Å². The minimum atomic E-state index is -0.963. The third-order valence-electron chi connectivity index (χ3n) is 4.38. The normalized spacial score (nSPS) is 17.3. The number of aliphatic hydroxyl groups is 1. The summed E-state index contributed by atoms with van der Waals surface area (Å²) in [5, 5.41) is 23.9. The van der Waals surface area contributed by atoms with Crippen LogP contribution in [-0.4, -0.2) is 52.9 Å². The van der Waals surface area contributed by atoms with E-state index < -0.39 is 5.60 Å². The maximum Gasteiger partial charge on any atom is 0.163 e. The summed E-state index contributed by atoms with van der Waals surface area (Å²) in [6.07, 6.45) is 4.94. The largest absolute Gasteiger partial charge is 0.380 e. The van der Waals surface area contributed by atoms with E-state index in [1.165, 1.54) is 0 Å². The monoisotopic (exact) mass is 328 g/mol. The van der Waals surface area contributed by atoms with E-state index in [9.17, 15) is 5.11 Å². The highest BCUT2D eigenvalue weighted by atomic mass is 16.3. The molecule has 0 radical (unpaired) electrons. The van der Waals surface area contributed by atoms with Crippen LogP contribution in [0.15, 0.2) is 18.7 Å². The van der Waals surface area contributed by atoms with Crippen LogP contribution in [0, 0.1) is 0 Å². The summed E-state index contributed by atoms with van der Waals surface area (Å²) in [5.41, 5.74) is 0.374. The Morgan fingerprint density at radius 3 is 2.54 bits per heavy atom. The van der Waals surface area contributed by atoms with Gasteiger partial charge in [-0.15, -0.1) is 5.10 Å². The van der Waals surface area contributed by atoms with Gasteiger partial charge in [-0.2, -0.15) is 5.10 Å². The predicted molar refractivity (Wildman–Crippen MR) is 87.4 cm³/mol. The van der Waals surface area contributed by atoms with E-state index in [4.69, 9.17) is 0 Å². The summed E-state index contributed by atoms with van der Waals surface area (Å²) >= 11 is 0. The Morgan fingerprint density at radius 1 is 1.17 bits per heavy atom. The summed E-state index contributed by atoms with van der Waals surface area (Å²) in [7, 11) is 1.78. The molecular formula is C15H20N8O. The summed E-state index contributed by atoms with van der Waals surface area (Å²) < 4.78 is 3.50. The molecule has 1 fully saturated rings. The molecule has 3 aromatic heterocycles. The molecule has 0 atom stereocenters. The van der Waals surface area contributed by atoms with Gasteiger partial charge in [-0.25, -0.2) is 19.3 Å². The second-order valence-electron chi connectivity index (χ2n) is 7.29. The van der Waals surface area contributed by atoms with Crippen molar-refractivity contribution in [1.29, 1.82) is 0 Å². The van der Waals surface area contributed by atoms with Crippen molar-refractivity contribution in [2.24, 2.45) is 7.05 Å². The van der Waals surface area contributed by atoms with Gasteiger partial charge < -0.3 is 10.0 Å². The Kier molecular flexibility index (Phi) is 2.96. The Hall–Kier alpha value is -2.55. The van der Waals surface area contributed by atoms with Crippen LogP contribution in [0.25, 0.3) is 11.0 Å². The van der Waals surface area contributed by atoms with E-state index >= 15 is 0 Å². The standard InChI is InChI=1S/C15H20N8O/c1-14(2,3)23-13-10(5-19-23)12(16-9-17-13)22-7-15(24,8-22)11-6-18-20-21(11)4/h5-6,9,24H,7-8H2,1-4H3. The first kappa shape index (κ1) is 15.0. The number of aromatic nitrogens is 7. The molecule has 9 heteroatoms. The van der Waals surface area contributed by atoms with Gasteiger partial charge in [0.15, 0.2) is 5.65 Å². The Balaban J connectivity index is 1.68. The van der Waals surface area contributed by atoms with E-state index in [0.717, 1.165) is 16.9 Å². The van der Waals surface area contributed by atoms with Gasteiger partial charge in [0.1, 0.15) is 17.7 Å². The first-order chi connectivity index (χ1) is 11.3. The molecule has 1 aliphatic rings. The van der Waals surface area contributed by atoms with Crippen LogP contribution >= 0.6 is 0 Å². The van der Waals surface area contributed by atoms with E-state index in [0.29, 0.717) is 18.8 Å². The Bertz CT molecular complexity index is 900. The smallest absolute Gasteiger partial charge is 0.163 e. The van der Waals surface area contributed by atoms with Crippen molar-refractivity contribution in [3.63, 3.8) is 0 Å². The maximum absolute atomic E-state index is 10.8. The highest BCUT2D eigenvalue weighted by molar-refractivity contribution is 5.87. The van der Waals surface area contributed by atoms with Crippen molar-refractivity contribution in [2.75, 3.05) is 18.0 Å².